The third kappa shape index (κ3) is 6.31. The molecule has 0 bridgehead atoms. The highest BCUT2D eigenvalue weighted by Crippen LogP contribution is 2.18. The molecule has 3 N–H and O–H groups in total. The molecule has 1 fully saturated rings. The van der Waals surface area contributed by atoms with Crippen LogP contribution in [0.25, 0.3) is 0 Å². The Kier molecular flexibility index (Phi) is 6.63. The number of amides is 2. The van der Waals surface area contributed by atoms with Gasteiger partial charge in [-0.25, -0.2) is 0 Å². The van der Waals surface area contributed by atoms with Crippen LogP contribution >= 0.6 is 0 Å². The van der Waals surface area contributed by atoms with Crippen molar-refractivity contribution in [1.29, 1.82) is 0 Å². The fraction of sp³-hybridized carbons (Fsp3) is 0.769. The van der Waals surface area contributed by atoms with Crippen LogP contribution in [-0.2, 0) is 14.4 Å². The van der Waals surface area contributed by atoms with Crippen LogP contribution in [0.3, 0.4) is 0 Å². The highest BCUT2D eigenvalue weighted by Gasteiger charge is 2.41. The van der Waals surface area contributed by atoms with Crippen molar-refractivity contribution in [2.45, 2.75) is 63.2 Å². The van der Waals surface area contributed by atoms with Gasteiger partial charge >= 0.3 is 18.1 Å². The van der Waals surface area contributed by atoms with E-state index < -0.39 is 42.8 Å². The number of carbonyl (C=O) groups excluding carboxylic acids is 2. The Bertz CT molecular complexity index is 420. The van der Waals surface area contributed by atoms with Gasteiger partial charge in [-0.1, -0.05) is 19.3 Å². The Hall–Kier alpha value is -1.80. The van der Waals surface area contributed by atoms with Gasteiger partial charge in [-0.3, -0.25) is 14.4 Å². The van der Waals surface area contributed by atoms with E-state index in [1.807, 2.05) is 0 Å². The fourth-order valence-electron chi connectivity index (χ4n) is 2.33. The zero-order chi connectivity index (χ0) is 16.8. The normalized spacial score (nSPS) is 17.6. The summed E-state index contributed by atoms with van der Waals surface area (Å²) in [5.74, 6) is -4.27. The molecule has 1 saturated carbocycles. The molecule has 9 heteroatoms. The Labute approximate surface area is 125 Å². The number of carboxylic acid groups (broad SMARTS) is 1. The van der Waals surface area contributed by atoms with Crippen molar-refractivity contribution >= 4 is 17.8 Å². The molecule has 0 aromatic rings. The van der Waals surface area contributed by atoms with E-state index in [1.165, 1.54) is 0 Å². The minimum Gasteiger partial charge on any atom is -0.481 e. The Balaban J connectivity index is 2.64. The van der Waals surface area contributed by atoms with E-state index in [0.29, 0.717) is 0 Å². The molecule has 1 atom stereocenters. The number of carboxylic acids is 1. The molecule has 126 valence electrons. The maximum atomic E-state index is 12.3. The quantitative estimate of drug-likeness (QED) is 0.687. The predicted molar refractivity (Wildman–Crippen MR) is 69.9 cm³/mol. The summed E-state index contributed by atoms with van der Waals surface area (Å²) >= 11 is 0. The van der Waals surface area contributed by atoms with Crippen LogP contribution in [0, 0.1) is 0 Å². The first-order valence-corrected chi connectivity index (χ1v) is 7.10. The summed E-state index contributed by atoms with van der Waals surface area (Å²) in [6.45, 7) is 0. The van der Waals surface area contributed by atoms with Crippen molar-refractivity contribution in [2.24, 2.45) is 0 Å². The van der Waals surface area contributed by atoms with E-state index in [0.717, 1.165) is 32.1 Å². The Morgan fingerprint density at radius 1 is 1.14 bits per heavy atom. The zero-order valence-electron chi connectivity index (χ0n) is 11.9. The van der Waals surface area contributed by atoms with Crippen LogP contribution in [0.4, 0.5) is 13.2 Å². The van der Waals surface area contributed by atoms with Crippen LogP contribution < -0.4 is 10.6 Å². The van der Waals surface area contributed by atoms with Crippen LogP contribution in [0.2, 0.25) is 0 Å². The van der Waals surface area contributed by atoms with Gasteiger partial charge in [0.2, 0.25) is 5.91 Å². The lowest BCUT2D eigenvalue weighted by Gasteiger charge is -2.26. The second-order valence-corrected chi connectivity index (χ2v) is 5.30. The molecule has 0 saturated heterocycles. The number of halogens is 3. The average Bonchev–Trinajstić information content (AvgIpc) is 2.42. The smallest absolute Gasteiger partial charge is 0.471 e. The van der Waals surface area contributed by atoms with Gasteiger partial charge in [0.25, 0.3) is 0 Å². The second-order valence-electron chi connectivity index (χ2n) is 5.30. The van der Waals surface area contributed by atoms with E-state index in [2.05, 4.69) is 5.32 Å². The lowest BCUT2D eigenvalue weighted by molar-refractivity contribution is -0.174. The molecule has 0 spiro atoms. The fourth-order valence-corrected chi connectivity index (χ4v) is 2.33. The monoisotopic (exact) mass is 324 g/mol. The van der Waals surface area contributed by atoms with Gasteiger partial charge in [-0.15, -0.1) is 0 Å². The summed E-state index contributed by atoms with van der Waals surface area (Å²) in [6, 6.07) is -1.65. The van der Waals surface area contributed by atoms with E-state index in [-0.39, 0.29) is 6.04 Å². The standard InChI is InChI=1S/C13H19F3N2O4/c14-13(15,16)12(22)18-9(6-7-10(19)20)11(21)17-8-4-2-1-3-5-8/h8-9H,1-7H2,(H,17,21)(H,18,22)(H,19,20). The Morgan fingerprint density at radius 3 is 2.23 bits per heavy atom. The number of nitrogens with one attached hydrogen (secondary N) is 2. The van der Waals surface area contributed by atoms with Crippen molar-refractivity contribution in [2.75, 3.05) is 0 Å². The first-order chi connectivity index (χ1) is 10.2. The van der Waals surface area contributed by atoms with Gasteiger partial charge in [-0.2, -0.15) is 13.2 Å². The number of aliphatic carboxylic acids is 1. The van der Waals surface area contributed by atoms with Crippen LogP contribution in [0.5, 0.6) is 0 Å². The van der Waals surface area contributed by atoms with Gasteiger partial charge in [0.1, 0.15) is 6.04 Å². The molecule has 2 amide bonds. The predicted octanol–water partition coefficient (Wildman–Crippen LogP) is 1.35. The lowest BCUT2D eigenvalue weighted by atomic mass is 9.95. The largest absolute Gasteiger partial charge is 0.481 e. The molecule has 1 unspecified atom stereocenters. The molecule has 1 aliphatic carbocycles. The van der Waals surface area contributed by atoms with Crippen molar-refractivity contribution in [3.63, 3.8) is 0 Å². The summed E-state index contributed by atoms with van der Waals surface area (Å²) < 4.78 is 36.8. The molecular formula is C13H19F3N2O4. The molecule has 6 nitrogen and oxygen atoms in total. The van der Waals surface area contributed by atoms with Gasteiger partial charge in [0.05, 0.1) is 0 Å². The minimum absolute atomic E-state index is 0.142. The molecular weight excluding hydrogens is 305 g/mol. The molecule has 1 rings (SSSR count). The maximum Gasteiger partial charge on any atom is 0.471 e. The number of carbonyl (C=O) groups is 3. The van der Waals surface area contributed by atoms with E-state index >= 15 is 0 Å². The van der Waals surface area contributed by atoms with Crippen LogP contribution in [0.1, 0.15) is 44.9 Å². The first kappa shape index (κ1) is 18.2. The van der Waals surface area contributed by atoms with Crippen molar-refractivity contribution in [3.05, 3.63) is 0 Å². The van der Waals surface area contributed by atoms with Gasteiger partial charge < -0.3 is 15.7 Å². The summed E-state index contributed by atoms with van der Waals surface area (Å²) in [7, 11) is 0. The second kappa shape index (κ2) is 8.00. The minimum atomic E-state index is -5.12. The molecule has 22 heavy (non-hydrogen) atoms. The van der Waals surface area contributed by atoms with Crippen molar-refractivity contribution in [3.8, 4) is 0 Å². The molecule has 1 aliphatic rings. The van der Waals surface area contributed by atoms with E-state index in [1.54, 1.807) is 5.32 Å². The number of hydrogen-bond donors (Lipinski definition) is 3. The topological polar surface area (TPSA) is 95.5 Å². The lowest BCUT2D eigenvalue weighted by Crippen LogP contribution is -2.52. The Morgan fingerprint density at radius 2 is 1.73 bits per heavy atom. The SMILES string of the molecule is O=C(O)CCC(NC(=O)C(F)(F)F)C(=O)NC1CCCCC1. The van der Waals surface area contributed by atoms with Gasteiger partial charge in [0, 0.05) is 12.5 Å². The highest BCUT2D eigenvalue weighted by atomic mass is 19.4. The van der Waals surface area contributed by atoms with Gasteiger partial charge in [0.15, 0.2) is 0 Å². The highest BCUT2D eigenvalue weighted by molar-refractivity contribution is 5.90. The summed E-state index contributed by atoms with van der Waals surface area (Å²) in [4.78, 5) is 33.5. The number of rotatable bonds is 6. The molecule has 0 heterocycles. The van der Waals surface area contributed by atoms with Crippen molar-refractivity contribution < 1.29 is 32.7 Å². The maximum absolute atomic E-state index is 12.3. The first-order valence-electron chi connectivity index (χ1n) is 7.10. The molecule has 0 radical (unpaired) electrons. The average molecular weight is 324 g/mol. The van der Waals surface area contributed by atoms with Crippen LogP contribution in [0.15, 0.2) is 0 Å². The zero-order valence-corrected chi connectivity index (χ0v) is 11.9. The number of hydrogen-bond acceptors (Lipinski definition) is 3. The molecule has 0 aromatic heterocycles. The van der Waals surface area contributed by atoms with E-state index in [4.69, 9.17) is 5.11 Å². The van der Waals surface area contributed by atoms with Gasteiger partial charge in [-0.05, 0) is 19.3 Å². The summed E-state index contributed by atoms with van der Waals surface area (Å²) in [6.07, 6.45) is -1.70. The number of alkyl halides is 3. The summed E-state index contributed by atoms with van der Waals surface area (Å²) in [5.41, 5.74) is 0. The van der Waals surface area contributed by atoms with Crippen LogP contribution in [-0.4, -0.2) is 41.2 Å². The summed E-state index contributed by atoms with van der Waals surface area (Å²) in [5, 5.41) is 12.7. The molecule has 0 aliphatic heterocycles. The third-order valence-electron chi connectivity index (χ3n) is 3.48. The molecule has 0 aromatic carbocycles. The third-order valence-corrected chi connectivity index (χ3v) is 3.48. The van der Waals surface area contributed by atoms with E-state index in [9.17, 15) is 27.6 Å². The van der Waals surface area contributed by atoms with Crippen molar-refractivity contribution in [1.82, 2.24) is 10.6 Å².